The van der Waals surface area contributed by atoms with Crippen molar-refractivity contribution in [1.82, 2.24) is 9.88 Å². The van der Waals surface area contributed by atoms with Crippen LogP contribution in [0.5, 0.6) is 0 Å². The van der Waals surface area contributed by atoms with Gasteiger partial charge >= 0.3 is 0 Å². The first kappa shape index (κ1) is 13.2. The maximum absolute atomic E-state index is 6.10. The first-order valence-electron chi connectivity index (χ1n) is 7.66. The molecular weight excluding hydrogens is 274 g/mol. The number of benzene rings is 1. The molecule has 4 heteroatoms. The van der Waals surface area contributed by atoms with Crippen molar-refractivity contribution in [2.24, 2.45) is 0 Å². The Morgan fingerprint density at radius 2 is 2.05 bits per heavy atom. The minimum Gasteiger partial charge on any atom is -0.435 e. The molecule has 0 radical (unpaired) electrons. The van der Waals surface area contributed by atoms with Gasteiger partial charge in [-0.25, -0.2) is 4.98 Å². The number of furan rings is 1. The highest BCUT2D eigenvalue weighted by atomic mass is 16.3. The van der Waals surface area contributed by atoms with Crippen LogP contribution < -0.4 is 4.90 Å². The average molecular weight is 293 g/mol. The Bertz CT molecular complexity index is 881. The van der Waals surface area contributed by atoms with Crippen LogP contribution in [0.15, 0.2) is 47.3 Å². The lowest BCUT2D eigenvalue weighted by molar-refractivity contribution is 0.349. The Hall–Kier alpha value is -2.49. The van der Waals surface area contributed by atoms with Gasteiger partial charge in [-0.05, 0) is 31.0 Å². The van der Waals surface area contributed by atoms with E-state index in [0.29, 0.717) is 11.9 Å². The fraction of sp³-hybridized carbons (Fsp3) is 0.278. The quantitative estimate of drug-likeness (QED) is 0.707. The third kappa shape index (κ3) is 1.73. The van der Waals surface area contributed by atoms with Gasteiger partial charge in [-0.2, -0.15) is 0 Å². The van der Waals surface area contributed by atoms with Gasteiger partial charge < -0.3 is 14.2 Å². The molecule has 0 spiro atoms. The molecule has 0 saturated heterocycles. The molecule has 0 saturated carbocycles. The summed E-state index contributed by atoms with van der Waals surface area (Å²) in [6.07, 6.45) is 7.39. The number of nitrogens with zero attached hydrogens (tertiary/aromatic N) is 3. The highest BCUT2D eigenvalue weighted by Gasteiger charge is 2.27. The third-order valence-electron chi connectivity index (χ3n) is 4.47. The maximum Gasteiger partial charge on any atom is 0.227 e. The summed E-state index contributed by atoms with van der Waals surface area (Å²) in [5, 5.41) is 2.20. The Balaban J connectivity index is 2.01. The minimum absolute atomic E-state index is 0.325. The van der Waals surface area contributed by atoms with Crippen LogP contribution in [0.25, 0.3) is 22.1 Å². The smallest absolute Gasteiger partial charge is 0.227 e. The van der Waals surface area contributed by atoms with Gasteiger partial charge in [0.25, 0.3) is 0 Å². The van der Waals surface area contributed by atoms with Gasteiger partial charge in [0.1, 0.15) is 6.17 Å². The molecule has 22 heavy (non-hydrogen) atoms. The summed E-state index contributed by atoms with van der Waals surface area (Å²) in [7, 11) is 2.11. The summed E-state index contributed by atoms with van der Waals surface area (Å²) in [6, 6.07) is 8.32. The number of aromatic nitrogens is 1. The number of hydrogen-bond acceptors (Lipinski definition) is 4. The van der Waals surface area contributed by atoms with E-state index in [1.165, 1.54) is 5.56 Å². The SMILES string of the molecule is CCC1N(C)C=CN1c1c(C)ccc2c1oc1ncccc12. The molecule has 4 rings (SSSR count). The molecule has 0 aliphatic carbocycles. The summed E-state index contributed by atoms with van der Waals surface area (Å²) in [6.45, 7) is 4.34. The number of pyridine rings is 1. The van der Waals surface area contributed by atoms with E-state index in [-0.39, 0.29) is 0 Å². The van der Waals surface area contributed by atoms with Gasteiger partial charge in [-0.15, -0.1) is 0 Å². The topological polar surface area (TPSA) is 32.5 Å². The first-order valence-corrected chi connectivity index (χ1v) is 7.66. The van der Waals surface area contributed by atoms with Crippen LogP contribution in [-0.2, 0) is 0 Å². The first-order chi connectivity index (χ1) is 10.7. The second-order valence-electron chi connectivity index (χ2n) is 5.83. The van der Waals surface area contributed by atoms with Crippen LogP contribution in [0.2, 0.25) is 0 Å². The van der Waals surface area contributed by atoms with Gasteiger partial charge in [0.15, 0.2) is 5.58 Å². The highest BCUT2D eigenvalue weighted by molar-refractivity contribution is 6.08. The molecule has 1 aliphatic rings. The van der Waals surface area contributed by atoms with E-state index >= 15 is 0 Å². The van der Waals surface area contributed by atoms with Gasteiger partial charge in [-0.1, -0.05) is 19.1 Å². The summed E-state index contributed by atoms with van der Waals surface area (Å²) >= 11 is 0. The van der Waals surface area contributed by atoms with Gasteiger partial charge in [0, 0.05) is 36.4 Å². The van der Waals surface area contributed by atoms with Crippen LogP contribution >= 0.6 is 0 Å². The molecule has 1 aliphatic heterocycles. The minimum atomic E-state index is 0.325. The van der Waals surface area contributed by atoms with Crippen LogP contribution in [0.4, 0.5) is 5.69 Å². The predicted octanol–water partition coefficient (Wildman–Crippen LogP) is 4.25. The van der Waals surface area contributed by atoms with E-state index in [1.54, 1.807) is 6.20 Å². The largest absolute Gasteiger partial charge is 0.435 e. The summed E-state index contributed by atoms with van der Waals surface area (Å²) in [5.74, 6) is 0. The Kier molecular flexibility index (Phi) is 2.86. The molecular formula is C18H19N3O. The second-order valence-corrected chi connectivity index (χ2v) is 5.83. The van der Waals surface area contributed by atoms with Crippen molar-refractivity contribution in [3.05, 3.63) is 48.4 Å². The van der Waals surface area contributed by atoms with Crippen molar-refractivity contribution >= 4 is 27.8 Å². The number of anilines is 1. The van der Waals surface area contributed by atoms with E-state index in [4.69, 9.17) is 4.42 Å². The number of fused-ring (bicyclic) bond motifs is 3. The molecule has 0 fully saturated rings. The Morgan fingerprint density at radius 1 is 1.18 bits per heavy atom. The van der Waals surface area contributed by atoms with Crippen LogP contribution in [0.1, 0.15) is 18.9 Å². The van der Waals surface area contributed by atoms with Crippen molar-refractivity contribution in [2.45, 2.75) is 26.4 Å². The number of rotatable bonds is 2. The lowest BCUT2D eigenvalue weighted by Gasteiger charge is -2.30. The molecule has 4 nitrogen and oxygen atoms in total. The summed E-state index contributed by atoms with van der Waals surface area (Å²) in [4.78, 5) is 8.90. The molecule has 112 valence electrons. The van der Waals surface area contributed by atoms with Gasteiger partial charge in [0.2, 0.25) is 5.71 Å². The zero-order valence-corrected chi connectivity index (χ0v) is 13.1. The normalized spacial score (nSPS) is 18.0. The van der Waals surface area contributed by atoms with Crippen LogP contribution in [-0.4, -0.2) is 23.1 Å². The molecule has 1 aromatic carbocycles. The zero-order chi connectivity index (χ0) is 15.3. The van der Waals surface area contributed by atoms with Gasteiger partial charge in [0.05, 0.1) is 5.69 Å². The van der Waals surface area contributed by atoms with Crippen LogP contribution in [0, 0.1) is 6.92 Å². The van der Waals surface area contributed by atoms with Crippen molar-refractivity contribution in [1.29, 1.82) is 0 Å². The average Bonchev–Trinajstić information content (AvgIpc) is 3.07. The van der Waals surface area contributed by atoms with Crippen molar-refractivity contribution in [3.8, 4) is 0 Å². The van der Waals surface area contributed by atoms with E-state index in [2.05, 4.69) is 66.3 Å². The highest BCUT2D eigenvalue weighted by Crippen LogP contribution is 2.39. The molecule has 0 N–H and O–H groups in total. The Morgan fingerprint density at radius 3 is 2.86 bits per heavy atom. The maximum atomic E-state index is 6.10. The van der Waals surface area contributed by atoms with Gasteiger partial charge in [-0.3, -0.25) is 0 Å². The molecule has 0 amide bonds. The lowest BCUT2D eigenvalue weighted by atomic mass is 10.1. The fourth-order valence-electron chi connectivity index (χ4n) is 3.36. The van der Waals surface area contributed by atoms with Crippen LogP contribution in [0.3, 0.4) is 0 Å². The molecule has 1 unspecified atom stereocenters. The number of hydrogen-bond donors (Lipinski definition) is 0. The standard InChI is InChI=1S/C18H19N3O/c1-4-15-20(3)10-11-21(15)16-12(2)7-8-13-14-6-5-9-19-18(14)22-17(13)16/h5-11,15H,4H2,1-3H3. The van der Waals surface area contributed by atoms with E-state index in [9.17, 15) is 0 Å². The summed E-state index contributed by atoms with van der Waals surface area (Å²) < 4.78 is 6.10. The summed E-state index contributed by atoms with van der Waals surface area (Å²) in [5.41, 5.74) is 3.98. The van der Waals surface area contributed by atoms with E-state index < -0.39 is 0 Å². The zero-order valence-electron chi connectivity index (χ0n) is 13.1. The van der Waals surface area contributed by atoms with E-state index in [1.807, 2.05) is 6.07 Å². The Labute approximate surface area is 129 Å². The lowest BCUT2D eigenvalue weighted by Crippen LogP contribution is -2.36. The molecule has 2 aromatic heterocycles. The van der Waals surface area contributed by atoms with Crippen molar-refractivity contribution < 1.29 is 4.42 Å². The van der Waals surface area contributed by atoms with Crippen molar-refractivity contribution in [3.63, 3.8) is 0 Å². The number of aryl methyl sites for hydroxylation is 1. The molecule has 1 atom stereocenters. The second kappa shape index (κ2) is 4.77. The molecule has 3 aromatic rings. The fourth-order valence-corrected chi connectivity index (χ4v) is 3.36. The molecule has 0 bridgehead atoms. The van der Waals surface area contributed by atoms with E-state index in [0.717, 1.165) is 28.5 Å². The predicted molar refractivity (Wildman–Crippen MR) is 89.7 cm³/mol. The van der Waals surface area contributed by atoms with Crippen molar-refractivity contribution in [2.75, 3.05) is 11.9 Å². The third-order valence-corrected chi connectivity index (χ3v) is 4.47. The monoisotopic (exact) mass is 293 g/mol. The molecule has 3 heterocycles.